The van der Waals surface area contributed by atoms with Crippen LogP contribution in [0.3, 0.4) is 0 Å². The Labute approximate surface area is 110 Å². The molecule has 0 aromatic carbocycles. The Balaban J connectivity index is 2.42. The highest BCUT2D eigenvalue weighted by atomic mass is 32.2. The van der Waals surface area contributed by atoms with Crippen molar-refractivity contribution in [2.24, 2.45) is 0 Å². The van der Waals surface area contributed by atoms with Gasteiger partial charge >= 0.3 is 0 Å². The molecule has 1 atom stereocenters. The highest BCUT2D eigenvalue weighted by molar-refractivity contribution is 7.92. The van der Waals surface area contributed by atoms with E-state index in [4.69, 9.17) is 5.11 Å². The SMILES string of the molecule is CC(C)S(=O)(=O)CCN(CCO)CC1CCCN1. The number of aliphatic hydroxyl groups excluding tert-OH is 1. The average molecular weight is 278 g/mol. The second kappa shape index (κ2) is 7.43. The van der Waals surface area contributed by atoms with Gasteiger partial charge in [0.25, 0.3) is 0 Å². The first-order valence-corrected chi connectivity index (χ1v) is 8.45. The fraction of sp³-hybridized carbons (Fsp3) is 1.00. The first kappa shape index (κ1) is 15.9. The summed E-state index contributed by atoms with van der Waals surface area (Å²) in [5, 5.41) is 12.1. The molecule has 18 heavy (non-hydrogen) atoms. The lowest BCUT2D eigenvalue weighted by Crippen LogP contribution is -2.41. The van der Waals surface area contributed by atoms with E-state index >= 15 is 0 Å². The predicted octanol–water partition coefficient (Wildman–Crippen LogP) is -0.144. The van der Waals surface area contributed by atoms with Crippen LogP contribution in [0.25, 0.3) is 0 Å². The van der Waals surface area contributed by atoms with Crippen molar-refractivity contribution >= 4 is 9.84 Å². The van der Waals surface area contributed by atoms with E-state index < -0.39 is 9.84 Å². The number of hydrogen-bond acceptors (Lipinski definition) is 5. The lowest BCUT2D eigenvalue weighted by molar-refractivity contribution is 0.192. The zero-order chi connectivity index (χ0) is 13.6. The molecule has 5 nitrogen and oxygen atoms in total. The van der Waals surface area contributed by atoms with Crippen LogP contribution in [-0.2, 0) is 9.84 Å². The number of aliphatic hydroxyl groups is 1. The van der Waals surface area contributed by atoms with E-state index in [2.05, 4.69) is 5.32 Å². The summed E-state index contributed by atoms with van der Waals surface area (Å²) in [5.74, 6) is 0.178. The smallest absolute Gasteiger partial charge is 0.153 e. The molecule has 108 valence electrons. The second-order valence-corrected chi connectivity index (χ2v) is 7.91. The van der Waals surface area contributed by atoms with Crippen LogP contribution in [0.1, 0.15) is 26.7 Å². The van der Waals surface area contributed by atoms with E-state index in [9.17, 15) is 8.42 Å². The van der Waals surface area contributed by atoms with E-state index in [0.29, 0.717) is 19.1 Å². The maximum absolute atomic E-state index is 11.8. The molecule has 0 radical (unpaired) electrons. The van der Waals surface area contributed by atoms with E-state index in [0.717, 1.165) is 19.5 Å². The second-order valence-electron chi connectivity index (χ2n) is 5.23. The first-order valence-electron chi connectivity index (χ1n) is 6.74. The fourth-order valence-electron chi connectivity index (χ4n) is 2.15. The molecule has 2 N–H and O–H groups in total. The van der Waals surface area contributed by atoms with Gasteiger partial charge < -0.3 is 10.4 Å². The van der Waals surface area contributed by atoms with Crippen LogP contribution in [0, 0.1) is 0 Å². The van der Waals surface area contributed by atoms with Crippen LogP contribution in [-0.4, -0.2) is 68.3 Å². The molecule has 0 spiro atoms. The molecule has 0 aromatic rings. The topological polar surface area (TPSA) is 69.6 Å². The van der Waals surface area contributed by atoms with Crippen molar-refractivity contribution in [3.63, 3.8) is 0 Å². The molecule has 6 heteroatoms. The summed E-state index contributed by atoms with van der Waals surface area (Å²) >= 11 is 0. The molecule has 1 unspecified atom stereocenters. The summed E-state index contributed by atoms with van der Waals surface area (Å²) in [6.07, 6.45) is 2.32. The third kappa shape index (κ3) is 5.22. The highest BCUT2D eigenvalue weighted by Crippen LogP contribution is 2.08. The minimum absolute atomic E-state index is 0.0778. The van der Waals surface area contributed by atoms with Gasteiger partial charge in [-0.25, -0.2) is 8.42 Å². The number of rotatable bonds is 8. The van der Waals surface area contributed by atoms with Crippen molar-refractivity contribution in [3.05, 3.63) is 0 Å². The van der Waals surface area contributed by atoms with Crippen molar-refractivity contribution in [3.8, 4) is 0 Å². The van der Waals surface area contributed by atoms with Gasteiger partial charge in [0.05, 0.1) is 17.6 Å². The van der Waals surface area contributed by atoms with Crippen molar-refractivity contribution in [2.45, 2.75) is 38.0 Å². The summed E-state index contributed by atoms with van der Waals surface area (Å²) in [5.41, 5.74) is 0. The van der Waals surface area contributed by atoms with E-state index in [1.807, 2.05) is 4.90 Å². The van der Waals surface area contributed by atoms with Gasteiger partial charge in [0.1, 0.15) is 0 Å². The molecule has 1 saturated heterocycles. The van der Waals surface area contributed by atoms with Crippen LogP contribution in [0.4, 0.5) is 0 Å². The van der Waals surface area contributed by atoms with E-state index in [1.54, 1.807) is 13.8 Å². The normalized spacial score (nSPS) is 21.1. The zero-order valence-corrected chi connectivity index (χ0v) is 12.2. The lowest BCUT2D eigenvalue weighted by atomic mass is 10.2. The monoisotopic (exact) mass is 278 g/mol. The third-order valence-corrected chi connectivity index (χ3v) is 5.66. The van der Waals surface area contributed by atoms with Crippen LogP contribution < -0.4 is 5.32 Å². The maximum atomic E-state index is 11.8. The summed E-state index contributed by atoms with van der Waals surface area (Å²) in [4.78, 5) is 2.04. The Bertz CT molecular complexity index is 324. The predicted molar refractivity (Wildman–Crippen MR) is 73.5 cm³/mol. The van der Waals surface area contributed by atoms with Gasteiger partial charge in [-0.2, -0.15) is 0 Å². The molecule has 0 bridgehead atoms. The molecule has 0 amide bonds. The Kier molecular flexibility index (Phi) is 6.55. The van der Waals surface area contributed by atoms with Gasteiger partial charge in [0.2, 0.25) is 0 Å². The number of sulfone groups is 1. The minimum atomic E-state index is -2.99. The Hall–Kier alpha value is -0.170. The molecule has 1 heterocycles. The molecule has 1 rings (SSSR count). The molecular formula is C12H26N2O3S. The fourth-order valence-corrected chi connectivity index (χ4v) is 3.14. The van der Waals surface area contributed by atoms with Gasteiger partial charge in [0, 0.05) is 25.7 Å². The quantitative estimate of drug-likeness (QED) is 0.646. The van der Waals surface area contributed by atoms with Crippen LogP contribution >= 0.6 is 0 Å². The van der Waals surface area contributed by atoms with Gasteiger partial charge in [-0.3, -0.25) is 4.90 Å². The van der Waals surface area contributed by atoms with Crippen LogP contribution in [0.5, 0.6) is 0 Å². The van der Waals surface area contributed by atoms with Gasteiger partial charge in [-0.15, -0.1) is 0 Å². The molecule has 1 aliphatic heterocycles. The Morgan fingerprint density at radius 3 is 2.61 bits per heavy atom. The first-order chi connectivity index (χ1) is 8.45. The number of nitrogens with one attached hydrogen (secondary N) is 1. The van der Waals surface area contributed by atoms with Crippen molar-refractivity contribution in [2.75, 3.05) is 38.5 Å². The van der Waals surface area contributed by atoms with Crippen molar-refractivity contribution in [1.29, 1.82) is 0 Å². The van der Waals surface area contributed by atoms with E-state index in [-0.39, 0.29) is 17.6 Å². The Morgan fingerprint density at radius 1 is 1.39 bits per heavy atom. The molecular weight excluding hydrogens is 252 g/mol. The molecule has 1 fully saturated rings. The number of hydrogen-bond donors (Lipinski definition) is 2. The summed E-state index contributed by atoms with van der Waals surface area (Å²) in [6, 6.07) is 0.443. The van der Waals surface area contributed by atoms with Crippen LogP contribution in [0.15, 0.2) is 0 Å². The van der Waals surface area contributed by atoms with Gasteiger partial charge in [-0.1, -0.05) is 0 Å². The van der Waals surface area contributed by atoms with Crippen LogP contribution in [0.2, 0.25) is 0 Å². The number of nitrogens with zero attached hydrogens (tertiary/aromatic N) is 1. The summed E-state index contributed by atoms with van der Waals surface area (Å²) in [6.45, 7) is 6.43. The maximum Gasteiger partial charge on any atom is 0.153 e. The average Bonchev–Trinajstić information content (AvgIpc) is 2.79. The van der Waals surface area contributed by atoms with Crippen molar-refractivity contribution < 1.29 is 13.5 Å². The molecule has 0 saturated carbocycles. The zero-order valence-electron chi connectivity index (χ0n) is 11.4. The van der Waals surface area contributed by atoms with Crippen molar-refractivity contribution in [1.82, 2.24) is 10.2 Å². The third-order valence-electron chi connectivity index (χ3n) is 3.47. The van der Waals surface area contributed by atoms with Gasteiger partial charge in [0.15, 0.2) is 9.84 Å². The van der Waals surface area contributed by atoms with E-state index in [1.165, 1.54) is 6.42 Å². The Morgan fingerprint density at radius 2 is 2.11 bits per heavy atom. The standard InChI is InChI=1S/C12H26N2O3S/c1-11(2)18(16,17)9-7-14(6-8-15)10-12-4-3-5-13-12/h11-13,15H,3-10H2,1-2H3. The summed E-state index contributed by atoms with van der Waals surface area (Å²) in [7, 11) is -2.99. The lowest BCUT2D eigenvalue weighted by Gasteiger charge is -2.25. The molecule has 0 aromatic heterocycles. The highest BCUT2D eigenvalue weighted by Gasteiger charge is 2.21. The van der Waals surface area contributed by atoms with Gasteiger partial charge in [-0.05, 0) is 33.2 Å². The molecule has 0 aliphatic carbocycles. The summed E-state index contributed by atoms with van der Waals surface area (Å²) < 4.78 is 23.5. The largest absolute Gasteiger partial charge is 0.395 e. The minimum Gasteiger partial charge on any atom is -0.395 e. The molecule has 1 aliphatic rings.